The Balaban J connectivity index is 1.89. The maximum atomic E-state index is 12.4. The highest BCUT2D eigenvalue weighted by atomic mass is 79.9. The molecule has 0 aliphatic carbocycles. The van der Waals surface area contributed by atoms with E-state index in [1.54, 1.807) is 6.07 Å². The highest BCUT2D eigenvalue weighted by Crippen LogP contribution is 2.26. The van der Waals surface area contributed by atoms with Crippen LogP contribution in [0.15, 0.2) is 39.7 Å². The second-order valence-corrected chi connectivity index (χ2v) is 10.0. The van der Waals surface area contributed by atoms with E-state index in [-0.39, 0.29) is 14.9 Å². The second kappa shape index (κ2) is 9.93. The number of carbonyl (C=O) groups excluding carboxylic acids is 2. The maximum Gasteiger partial charge on any atom is 0.307 e. The third-order valence-electron chi connectivity index (χ3n) is 3.95. The van der Waals surface area contributed by atoms with Crippen molar-refractivity contribution in [3.63, 3.8) is 0 Å². The Kier molecular flexibility index (Phi) is 8.10. The first-order chi connectivity index (χ1) is 13.5. The van der Waals surface area contributed by atoms with Gasteiger partial charge in [-0.2, -0.15) is 0 Å². The lowest BCUT2D eigenvalue weighted by atomic mass is 10.1. The molecule has 10 heteroatoms. The largest absolute Gasteiger partial charge is 0.456 e. The number of esters is 1. The van der Waals surface area contributed by atoms with Crippen LogP contribution in [-0.2, 0) is 24.2 Å². The normalized spacial score (nSPS) is 11.2. The first-order valence-electron chi connectivity index (χ1n) is 8.39. The molecule has 6 nitrogen and oxygen atoms in total. The minimum atomic E-state index is -3.83. The predicted molar refractivity (Wildman–Crippen MR) is 116 cm³/mol. The fraction of sp³-hybridized carbons (Fsp3) is 0.263. The summed E-state index contributed by atoms with van der Waals surface area (Å²) in [5, 5.41) is 2.89. The molecule has 0 spiro atoms. The van der Waals surface area contributed by atoms with Crippen molar-refractivity contribution in [1.29, 1.82) is 0 Å². The Morgan fingerprint density at radius 2 is 1.79 bits per heavy atom. The summed E-state index contributed by atoms with van der Waals surface area (Å²) >= 11 is 15.1. The Hall–Kier alpha value is -1.61. The summed E-state index contributed by atoms with van der Waals surface area (Å²) in [6.45, 7) is 3.19. The van der Waals surface area contributed by atoms with Crippen molar-refractivity contribution < 1.29 is 22.7 Å². The first kappa shape index (κ1) is 23.7. The van der Waals surface area contributed by atoms with Gasteiger partial charge in [-0.05, 0) is 55.3 Å². The van der Waals surface area contributed by atoms with Gasteiger partial charge in [0, 0.05) is 15.2 Å². The molecule has 0 atom stereocenters. The van der Waals surface area contributed by atoms with Gasteiger partial charge in [-0.1, -0.05) is 39.1 Å². The number of anilines is 1. The minimum absolute atomic E-state index is 0.0160. The van der Waals surface area contributed by atoms with E-state index in [4.69, 9.17) is 27.9 Å². The average molecular weight is 523 g/mol. The number of carbonyl (C=O) groups is 2. The van der Waals surface area contributed by atoms with E-state index >= 15 is 0 Å². The molecule has 2 aromatic carbocycles. The van der Waals surface area contributed by atoms with Crippen molar-refractivity contribution >= 4 is 66.5 Å². The van der Waals surface area contributed by atoms with Gasteiger partial charge in [-0.3, -0.25) is 9.59 Å². The van der Waals surface area contributed by atoms with Gasteiger partial charge >= 0.3 is 5.97 Å². The number of hydrogen-bond donors (Lipinski definition) is 1. The van der Waals surface area contributed by atoms with Gasteiger partial charge in [-0.15, -0.1) is 0 Å². The van der Waals surface area contributed by atoms with Crippen LogP contribution in [0.4, 0.5) is 5.69 Å². The minimum Gasteiger partial charge on any atom is -0.456 e. The molecule has 0 saturated heterocycles. The zero-order valence-electron chi connectivity index (χ0n) is 15.6. The summed E-state index contributed by atoms with van der Waals surface area (Å²) in [6.07, 6.45) is -0.422. The van der Waals surface area contributed by atoms with Gasteiger partial charge in [0.15, 0.2) is 16.4 Å². The summed E-state index contributed by atoms with van der Waals surface area (Å²) < 4.78 is 30.5. The van der Waals surface area contributed by atoms with Gasteiger partial charge < -0.3 is 10.1 Å². The van der Waals surface area contributed by atoms with E-state index in [0.717, 1.165) is 15.6 Å². The fourth-order valence-corrected chi connectivity index (χ4v) is 4.86. The zero-order valence-corrected chi connectivity index (χ0v) is 19.5. The Labute approximate surface area is 187 Å². The number of benzene rings is 2. The molecule has 1 amide bonds. The molecule has 0 bridgehead atoms. The number of halogens is 3. The van der Waals surface area contributed by atoms with Crippen molar-refractivity contribution in [2.24, 2.45) is 0 Å². The molecule has 0 saturated carbocycles. The van der Waals surface area contributed by atoms with Crippen LogP contribution in [0.3, 0.4) is 0 Å². The van der Waals surface area contributed by atoms with Gasteiger partial charge in [0.05, 0.1) is 22.1 Å². The molecular weight excluding hydrogens is 505 g/mol. The summed E-state index contributed by atoms with van der Waals surface area (Å²) in [5.74, 6) is -1.85. The van der Waals surface area contributed by atoms with Gasteiger partial charge in [0.1, 0.15) is 0 Å². The third-order valence-corrected chi connectivity index (χ3v) is 7.23. The van der Waals surface area contributed by atoms with E-state index in [1.165, 1.54) is 18.2 Å². The van der Waals surface area contributed by atoms with Crippen molar-refractivity contribution in [2.45, 2.75) is 25.2 Å². The predicted octanol–water partition coefficient (Wildman–Crippen LogP) is 4.72. The molecule has 0 aliphatic rings. The number of rotatable bonds is 7. The van der Waals surface area contributed by atoms with Crippen LogP contribution < -0.4 is 5.32 Å². The molecule has 29 heavy (non-hydrogen) atoms. The first-order valence-corrected chi connectivity index (χ1v) is 11.6. The summed E-state index contributed by atoms with van der Waals surface area (Å²) in [5.41, 5.74) is 2.38. The molecule has 2 aromatic rings. The van der Waals surface area contributed by atoms with E-state index < -0.39 is 40.5 Å². The second-order valence-electron chi connectivity index (χ2n) is 6.27. The number of amides is 1. The topological polar surface area (TPSA) is 89.5 Å². The standard InChI is InChI=1S/C19H18BrCl2NO5S/c1-11-8-16(12(2)7-14(11)20)23-18(24)10-28-19(25)5-6-29(26,27)17-9-13(21)3-4-15(17)22/h3-4,7-9H,5-6,10H2,1-2H3,(H,23,24). The third kappa shape index (κ3) is 6.70. The monoisotopic (exact) mass is 521 g/mol. The summed E-state index contributed by atoms with van der Waals surface area (Å²) in [4.78, 5) is 23.7. The maximum absolute atomic E-state index is 12.4. The lowest BCUT2D eigenvalue weighted by molar-refractivity contribution is -0.146. The van der Waals surface area contributed by atoms with Crippen LogP contribution in [-0.4, -0.2) is 32.7 Å². The van der Waals surface area contributed by atoms with Gasteiger partial charge in [-0.25, -0.2) is 8.42 Å². The Bertz CT molecular complexity index is 1060. The number of nitrogens with one attached hydrogen (secondary N) is 1. The molecule has 0 radical (unpaired) electrons. The molecule has 156 valence electrons. The molecule has 0 heterocycles. The Morgan fingerprint density at radius 1 is 1.10 bits per heavy atom. The van der Waals surface area contributed by atoms with E-state index in [9.17, 15) is 18.0 Å². The van der Waals surface area contributed by atoms with Crippen molar-refractivity contribution in [1.82, 2.24) is 0 Å². The lowest BCUT2D eigenvalue weighted by Gasteiger charge is -2.11. The van der Waals surface area contributed by atoms with Crippen LogP contribution >= 0.6 is 39.1 Å². The molecule has 0 unspecified atom stereocenters. The number of sulfone groups is 1. The van der Waals surface area contributed by atoms with Crippen LogP contribution in [0.5, 0.6) is 0 Å². The SMILES string of the molecule is Cc1cc(NC(=O)COC(=O)CCS(=O)(=O)c2cc(Cl)ccc2Cl)c(C)cc1Br. The van der Waals surface area contributed by atoms with Gasteiger partial charge in [0.25, 0.3) is 5.91 Å². The quantitative estimate of drug-likeness (QED) is 0.531. The van der Waals surface area contributed by atoms with Crippen molar-refractivity contribution in [2.75, 3.05) is 17.7 Å². The van der Waals surface area contributed by atoms with Crippen LogP contribution in [0.2, 0.25) is 10.0 Å². The van der Waals surface area contributed by atoms with E-state index in [2.05, 4.69) is 21.2 Å². The highest BCUT2D eigenvalue weighted by molar-refractivity contribution is 9.10. The highest BCUT2D eigenvalue weighted by Gasteiger charge is 2.21. The number of aryl methyl sites for hydroxylation is 2. The lowest BCUT2D eigenvalue weighted by Crippen LogP contribution is -2.22. The van der Waals surface area contributed by atoms with Crippen LogP contribution in [0.25, 0.3) is 0 Å². The van der Waals surface area contributed by atoms with Crippen molar-refractivity contribution in [3.05, 3.63) is 56.0 Å². The van der Waals surface area contributed by atoms with E-state index in [0.29, 0.717) is 5.69 Å². The van der Waals surface area contributed by atoms with Crippen molar-refractivity contribution in [3.8, 4) is 0 Å². The number of ether oxygens (including phenoxy) is 1. The molecule has 0 aromatic heterocycles. The van der Waals surface area contributed by atoms with Crippen LogP contribution in [0, 0.1) is 13.8 Å². The summed E-state index contributed by atoms with van der Waals surface area (Å²) in [6, 6.07) is 7.71. The number of hydrogen-bond acceptors (Lipinski definition) is 5. The molecule has 0 aliphatic heterocycles. The zero-order chi connectivity index (χ0) is 21.8. The Morgan fingerprint density at radius 3 is 2.48 bits per heavy atom. The van der Waals surface area contributed by atoms with Crippen LogP contribution in [0.1, 0.15) is 17.5 Å². The molecule has 2 rings (SSSR count). The fourth-order valence-electron chi connectivity index (χ4n) is 2.36. The van der Waals surface area contributed by atoms with E-state index in [1.807, 2.05) is 19.9 Å². The van der Waals surface area contributed by atoms with Gasteiger partial charge in [0.2, 0.25) is 0 Å². The molecule has 1 N–H and O–H groups in total. The molecular formula is C19H18BrCl2NO5S. The summed E-state index contributed by atoms with van der Waals surface area (Å²) in [7, 11) is -3.83. The smallest absolute Gasteiger partial charge is 0.307 e. The molecule has 0 fully saturated rings. The average Bonchev–Trinajstić information content (AvgIpc) is 2.64.